The summed E-state index contributed by atoms with van der Waals surface area (Å²) in [6.07, 6.45) is -0.140. The maximum atomic E-state index is 13.9. The number of hydrogen-bond donors (Lipinski definition) is 3. The predicted octanol–water partition coefficient (Wildman–Crippen LogP) is 3.41. The van der Waals surface area contributed by atoms with E-state index in [1.165, 1.54) is 4.90 Å². The van der Waals surface area contributed by atoms with Gasteiger partial charge in [-0.15, -0.1) is 11.3 Å². The number of carbonyl (C=O) groups excluding carboxylic acids is 4. The van der Waals surface area contributed by atoms with Gasteiger partial charge in [-0.25, -0.2) is 9.78 Å². The van der Waals surface area contributed by atoms with Gasteiger partial charge < -0.3 is 34.9 Å². The van der Waals surface area contributed by atoms with Gasteiger partial charge in [0, 0.05) is 26.2 Å². The van der Waals surface area contributed by atoms with Crippen molar-refractivity contribution >= 4 is 35.0 Å². The number of rotatable bonds is 16. The Hall–Kier alpha value is -3.39. The molecule has 2 aromatic rings. The number of esters is 1. The molecule has 47 heavy (non-hydrogen) atoms. The number of aliphatic hydroxyl groups is 1. The average Bonchev–Trinajstić information content (AvgIpc) is 3.62. The molecule has 0 bridgehead atoms. The van der Waals surface area contributed by atoms with E-state index in [0.717, 1.165) is 21.7 Å². The molecule has 3 N–H and O–H groups in total. The molecule has 5 atom stereocenters. The Kier molecular flexibility index (Phi) is 14.3. The molecule has 260 valence electrons. The van der Waals surface area contributed by atoms with Crippen LogP contribution < -0.4 is 10.6 Å². The van der Waals surface area contributed by atoms with Crippen LogP contribution >= 0.6 is 11.3 Å². The second kappa shape index (κ2) is 17.7. The van der Waals surface area contributed by atoms with Gasteiger partial charge in [-0.05, 0) is 49.7 Å². The smallest absolute Gasteiger partial charge is 0.332 e. The Morgan fingerprint density at radius 2 is 1.79 bits per heavy atom. The lowest BCUT2D eigenvalue weighted by Crippen LogP contribution is -2.58. The first-order valence-corrected chi connectivity index (χ1v) is 17.0. The first-order chi connectivity index (χ1) is 22.2. The zero-order chi connectivity index (χ0) is 34.7. The van der Waals surface area contributed by atoms with E-state index in [0.29, 0.717) is 19.6 Å². The van der Waals surface area contributed by atoms with E-state index in [1.54, 1.807) is 18.3 Å². The van der Waals surface area contributed by atoms with Crippen molar-refractivity contribution in [1.82, 2.24) is 20.5 Å². The predicted molar refractivity (Wildman–Crippen MR) is 178 cm³/mol. The highest BCUT2D eigenvalue weighted by Gasteiger charge is 2.44. The van der Waals surface area contributed by atoms with Crippen LogP contribution in [0.1, 0.15) is 71.7 Å². The second-order valence-corrected chi connectivity index (χ2v) is 14.0. The number of likely N-dealkylation sites (tertiary alicyclic amines) is 1. The Morgan fingerprint density at radius 1 is 1.09 bits per heavy atom. The second-order valence-electron chi connectivity index (χ2n) is 13.1. The van der Waals surface area contributed by atoms with Gasteiger partial charge >= 0.3 is 5.97 Å². The normalized spacial score (nSPS) is 18.3. The van der Waals surface area contributed by atoms with Crippen LogP contribution in [0.3, 0.4) is 0 Å². The van der Waals surface area contributed by atoms with Crippen LogP contribution in [0, 0.1) is 18.3 Å². The van der Waals surface area contributed by atoms with Crippen LogP contribution in [0.2, 0.25) is 0 Å². The third kappa shape index (κ3) is 11.4. The first-order valence-electron chi connectivity index (χ1n) is 16.1. The quantitative estimate of drug-likeness (QED) is 0.179. The Balaban J connectivity index is 1.54. The molecule has 0 radical (unpaired) electrons. The summed E-state index contributed by atoms with van der Waals surface area (Å²) >= 11 is 1.57. The number of ether oxygens (including phenoxy) is 3. The van der Waals surface area contributed by atoms with Crippen molar-refractivity contribution in [2.24, 2.45) is 11.3 Å². The molecule has 1 aliphatic heterocycles. The number of carbonyl (C=O) groups is 4. The average molecular weight is 675 g/mol. The van der Waals surface area contributed by atoms with Gasteiger partial charge in [0.05, 0.1) is 34.8 Å². The number of amides is 3. The number of benzene rings is 1. The highest BCUT2D eigenvalue weighted by molar-refractivity contribution is 7.13. The van der Waals surface area contributed by atoms with Gasteiger partial charge in [-0.2, -0.15) is 0 Å². The molecule has 0 spiro atoms. The Morgan fingerprint density at radius 3 is 2.40 bits per heavy atom. The third-order valence-corrected chi connectivity index (χ3v) is 8.95. The lowest BCUT2D eigenvalue weighted by Gasteiger charge is -2.35. The van der Waals surface area contributed by atoms with E-state index < -0.39 is 41.4 Å². The Labute approximate surface area is 281 Å². The van der Waals surface area contributed by atoms with E-state index in [1.807, 2.05) is 71.3 Å². The van der Waals surface area contributed by atoms with E-state index in [4.69, 9.17) is 14.2 Å². The van der Waals surface area contributed by atoms with Gasteiger partial charge in [0.2, 0.25) is 17.7 Å². The summed E-state index contributed by atoms with van der Waals surface area (Å²) in [6, 6.07) is 5.74. The van der Waals surface area contributed by atoms with Gasteiger partial charge in [-0.1, -0.05) is 52.0 Å². The molecule has 12 nitrogen and oxygen atoms in total. The minimum atomic E-state index is -0.951. The van der Waals surface area contributed by atoms with Crippen LogP contribution in [-0.2, 0) is 33.4 Å². The van der Waals surface area contributed by atoms with Crippen LogP contribution in [0.4, 0.5) is 0 Å². The molecule has 1 fully saturated rings. The monoisotopic (exact) mass is 674 g/mol. The van der Waals surface area contributed by atoms with Gasteiger partial charge in [0.25, 0.3) is 0 Å². The summed E-state index contributed by atoms with van der Waals surface area (Å²) in [6.45, 7) is 13.6. The highest BCUT2D eigenvalue weighted by Crippen LogP contribution is 2.29. The van der Waals surface area contributed by atoms with Crippen molar-refractivity contribution in [1.29, 1.82) is 0 Å². The fourth-order valence-corrected chi connectivity index (χ4v) is 6.11. The van der Waals surface area contributed by atoms with Gasteiger partial charge in [0.15, 0.2) is 0 Å². The number of aryl methyl sites for hydroxylation is 1. The summed E-state index contributed by atoms with van der Waals surface area (Å²) in [4.78, 5) is 58.4. The fraction of sp³-hybridized carbons (Fsp3) is 0.618. The molecule has 1 saturated heterocycles. The summed E-state index contributed by atoms with van der Waals surface area (Å²) in [5.41, 5.74) is 4.05. The molecule has 1 aromatic heterocycles. The van der Waals surface area contributed by atoms with Gasteiger partial charge in [-0.3, -0.25) is 14.4 Å². The molecular formula is C34H50N4O8S. The summed E-state index contributed by atoms with van der Waals surface area (Å²) in [7, 11) is 0. The highest BCUT2D eigenvalue weighted by atomic mass is 32.1. The zero-order valence-electron chi connectivity index (χ0n) is 28.5. The van der Waals surface area contributed by atoms with Crippen LogP contribution in [-0.4, -0.2) is 96.4 Å². The lowest BCUT2D eigenvalue weighted by atomic mass is 9.85. The molecule has 1 aromatic carbocycles. The van der Waals surface area contributed by atoms with E-state index >= 15 is 0 Å². The first kappa shape index (κ1) is 38.1. The summed E-state index contributed by atoms with van der Waals surface area (Å²) in [5, 5.41) is 16.3. The number of nitrogens with zero attached hydrogens (tertiary/aromatic N) is 2. The Bertz CT molecular complexity index is 1340. The lowest BCUT2D eigenvalue weighted by molar-refractivity contribution is -0.148. The maximum absolute atomic E-state index is 13.9. The number of nitrogens with one attached hydrogen (secondary N) is 2. The molecular weight excluding hydrogens is 624 g/mol. The number of aliphatic hydroxyl groups excluding tert-OH is 1. The van der Waals surface area contributed by atoms with Gasteiger partial charge in [0.1, 0.15) is 25.3 Å². The minimum absolute atomic E-state index is 0.0110. The molecule has 0 saturated carbocycles. The number of thiazole rings is 1. The number of β-amino-alcohol motifs (C(OH)–C–C–N with tert-alkyl or cyclic N) is 1. The van der Waals surface area contributed by atoms with Crippen LogP contribution in [0.15, 0.2) is 29.8 Å². The van der Waals surface area contributed by atoms with E-state index in [2.05, 4.69) is 15.6 Å². The standard InChI is InChI=1S/C34H50N4O8S/c1-8-46-29(41)19-44-14-13-21(2)17-45-18-28(40)37-31(34(5,6)7)33(43)38-16-26(39)15-27(38)32(42)36-22(3)24-9-11-25(12-10-24)30-23(4)35-20-47-30/h9-12,20-22,26-27,31,39H,8,13-19H2,1-7H3,(H,36,42)(H,37,40)/t21?,22-,26+,27-,31+/m0/s1. The topological polar surface area (TPSA) is 156 Å². The largest absolute Gasteiger partial charge is 0.464 e. The van der Waals surface area contributed by atoms with E-state index in [9.17, 15) is 24.3 Å². The van der Waals surface area contributed by atoms with E-state index in [-0.39, 0.29) is 50.7 Å². The van der Waals surface area contributed by atoms with Crippen molar-refractivity contribution in [2.45, 2.75) is 85.5 Å². The minimum Gasteiger partial charge on any atom is -0.464 e. The molecule has 1 aliphatic rings. The SMILES string of the molecule is CCOC(=O)COCCC(C)COCC(=O)N[C@H](C(=O)N1C[C@H](O)C[C@H]1C(=O)N[C@@H](C)c1ccc(-c2scnc2C)cc1)C(C)(C)C. The van der Waals surface area contributed by atoms with Crippen molar-refractivity contribution in [3.8, 4) is 10.4 Å². The number of hydrogen-bond acceptors (Lipinski definition) is 10. The molecule has 3 amide bonds. The molecule has 13 heteroatoms. The third-order valence-electron chi connectivity index (χ3n) is 7.98. The summed E-state index contributed by atoms with van der Waals surface area (Å²) < 4.78 is 15.7. The van der Waals surface area contributed by atoms with Crippen molar-refractivity contribution in [3.05, 3.63) is 41.0 Å². The molecule has 2 heterocycles. The van der Waals surface area contributed by atoms with Crippen LogP contribution in [0.5, 0.6) is 0 Å². The summed E-state index contributed by atoms with van der Waals surface area (Å²) in [5.74, 6) is -1.61. The van der Waals surface area contributed by atoms with Crippen molar-refractivity contribution in [2.75, 3.05) is 39.6 Å². The van der Waals surface area contributed by atoms with Crippen molar-refractivity contribution < 1.29 is 38.5 Å². The molecule has 3 rings (SSSR count). The van der Waals surface area contributed by atoms with Crippen molar-refractivity contribution in [3.63, 3.8) is 0 Å². The molecule has 1 unspecified atom stereocenters. The maximum Gasteiger partial charge on any atom is 0.332 e. The zero-order valence-corrected chi connectivity index (χ0v) is 29.4. The number of aromatic nitrogens is 1. The molecule has 0 aliphatic carbocycles. The fourth-order valence-electron chi connectivity index (χ4n) is 5.30. The van der Waals surface area contributed by atoms with Crippen LogP contribution in [0.25, 0.3) is 10.4 Å².